The van der Waals surface area contributed by atoms with Crippen molar-refractivity contribution < 1.29 is 9.53 Å². The first kappa shape index (κ1) is 15.5. The van der Waals surface area contributed by atoms with Crippen LogP contribution in [0.2, 0.25) is 0 Å². The molecule has 1 N–H and O–H groups in total. The van der Waals surface area contributed by atoms with Gasteiger partial charge in [0.15, 0.2) is 0 Å². The number of carbonyl (C=O) groups excluding carboxylic acids is 1. The second-order valence-corrected chi connectivity index (χ2v) is 5.53. The van der Waals surface area contributed by atoms with Crippen LogP contribution in [-0.2, 0) is 4.74 Å². The second-order valence-electron chi connectivity index (χ2n) is 4.06. The van der Waals surface area contributed by atoms with E-state index in [2.05, 4.69) is 21.2 Å². The third-order valence-corrected chi connectivity index (χ3v) is 3.72. The lowest BCUT2D eigenvalue weighted by Crippen LogP contribution is -2.27. The van der Waals surface area contributed by atoms with E-state index in [0.29, 0.717) is 25.1 Å². The van der Waals surface area contributed by atoms with Crippen molar-refractivity contribution in [1.82, 2.24) is 5.32 Å². The number of carbonyl (C=O) groups is 1. The summed E-state index contributed by atoms with van der Waals surface area (Å²) in [6.45, 7) is 3.02. The number of aryl methyl sites for hydroxylation is 1. The SMILES string of the molecule is COCC(Cl)CCNC(=O)c1ccc(C)c(Br)c1. The summed E-state index contributed by atoms with van der Waals surface area (Å²) in [6.07, 6.45) is 0.689. The van der Waals surface area contributed by atoms with Crippen LogP contribution >= 0.6 is 27.5 Å². The topological polar surface area (TPSA) is 38.3 Å². The largest absolute Gasteiger partial charge is 0.383 e. The number of ether oxygens (including phenoxy) is 1. The average molecular weight is 335 g/mol. The van der Waals surface area contributed by atoms with Gasteiger partial charge in [0.05, 0.1) is 12.0 Å². The third-order valence-electron chi connectivity index (χ3n) is 2.52. The first-order valence-electron chi connectivity index (χ1n) is 5.72. The van der Waals surface area contributed by atoms with Crippen molar-refractivity contribution in [2.24, 2.45) is 0 Å². The van der Waals surface area contributed by atoms with Gasteiger partial charge in [-0.3, -0.25) is 4.79 Å². The summed E-state index contributed by atoms with van der Waals surface area (Å²) in [5, 5.41) is 2.77. The molecule has 0 aliphatic carbocycles. The molecule has 0 saturated heterocycles. The lowest BCUT2D eigenvalue weighted by Gasteiger charge is -2.09. The maximum absolute atomic E-state index is 11.8. The first-order chi connectivity index (χ1) is 8.54. The van der Waals surface area contributed by atoms with Crippen molar-refractivity contribution in [3.05, 3.63) is 33.8 Å². The standard InChI is InChI=1S/C13H17BrClNO2/c1-9-3-4-10(7-12(9)14)13(17)16-6-5-11(15)8-18-2/h3-4,7,11H,5-6,8H2,1-2H3,(H,16,17). The summed E-state index contributed by atoms with van der Waals surface area (Å²) in [5.74, 6) is -0.0861. The minimum absolute atomic E-state index is 0.0694. The Morgan fingerprint density at radius 3 is 2.89 bits per heavy atom. The Kier molecular flexibility index (Phi) is 6.68. The summed E-state index contributed by atoms with van der Waals surface area (Å²) in [4.78, 5) is 11.8. The van der Waals surface area contributed by atoms with Gasteiger partial charge < -0.3 is 10.1 Å². The highest BCUT2D eigenvalue weighted by atomic mass is 79.9. The number of methoxy groups -OCH3 is 1. The Bertz CT molecular complexity index is 412. The van der Waals surface area contributed by atoms with Crippen molar-refractivity contribution in [3.63, 3.8) is 0 Å². The van der Waals surface area contributed by atoms with Crippen LogP contribution in [0.3, 0.4) is 0 Å². The van der Waals surface area contributed by atoms with Gasteiger partial charge in [0.25, 0.3) is 5.91 Å². The second kappa shape index (κ2) is 7.77. The van der Waals surface area contributed by atoms with Gasteiger partial charge in [-0.2, -0.15) is 0 Å². The van der Waals surface area contributed by atoms with Gasteiger partial charge in [-0.15, -0.1) is 11.6 Å². The van der Waals surface area contributed by atoms with Gasteiger partial charge in [-0.25, -0.2) is 0 Å². The Labute approximate surface area is 121 Å². The highest BCUT2D eigenvalue weighted by Gasteiger charge is 2.08. The molecule has 0 fully saturated rings. The van der Waals surface area contributed by atoms with Gasteiger partial charge in [-0.1, -0.05) is 22.0 Å². The Morgan fingerprint density at radius 2 is 2.28 bits per heavy atom. The molecule has 0 bridgehead atoms. The van der Waals surface area contributed by atoms with Crippen LogP contribution in [0.1, 0.15) is 22.3 Å². The van der Waals surface area contributed by atoms with Gasteiger partial charge in [0.1, 0.15) is 0 Å². The molecule has 18 heavy (non-hydrogen) atoms. The van der Waals surface area contributed by atoms with E-state index in [1.807, 2.05) is 25.1 Å². The molecule has 0 aliphatic rings. The molecule has 5 heteroatoms. The van der Waals surface area contributed by atoms with Crippen LogP contribution in [0.25, 0.3) is 0 Å². The number of nitrogens with one attached hydrogen (secondary N) is 1. The zero-order valence-electron chi connectivity index (χ0n) is 10.5. The van der Waals surface area contributed by atoms with Crippen molar-refractivity contribution in [1.29, 1.82) is 0 Å². The zero-order chi connectivity index (χ0) is 13.5. The van der Waals surface area contributed by atoms with E-state index in [9.17, 15) is 4.79 Å². The number of rotatable bonds is 6. The molecular weight excluding hydrogens is 318 g/mol. The van der Waals surface area contributed by atoms with Crippen molar-refractivity contribution >= 4 is 33.4 Å². The molecule has 0 aromatic heterocycles. The Balaban J connectivity index is 2.43. The molecule has 100 valence electrons. The smallest absolute Gasteiger partial charge is 0.251 e. The normalized spacial score (nSPS) is 12.2. The number of halogens is 2. The number of alkyl halides is 1. The maximum Gasteiger partial charge on any atom is 0.251 e. The number of hydrogen-bond donors (Lipinski definition) is 1. The summed E-state index contributed by atoms with van der Waals surface area (Å²) < 4.78 is 5.86. The molecule has 1 unspecified atom stereocenters. The van der Waals surface area contributed by atoms with E-state index >= 15 is 0 Å². The average Bonchev–Trinajstić information content (AvgIpc) is 2.33. The molecule has 0 saturated carbocycles. The van der Waals surface area contributed by atoms with E-state index in [4.69, 9.17) is 16.3 Å². The predicted octanol–water partition coefficient (Wildman–Crippen LogP) is 3.13. The van der Waals surface area contributed by atoms with Crippen LogP contribution in [0.5, 0.6) is 0 Å². The van der Waals surface area contributed by atoms with Gasteiger partial charge in [-0.05, 0) is 31.0 Å². The quantitative estimate of drug-likeness (QED) is 0.812. The molecule has 1 atom stereocenters. The van der Waals surface area contributed by atoms with Gasteiger partial charge >= 0.3 is 0 Å². The van der Waals surface area contributed by atoms with Crippen molar-refractivity contribution in [2.75, 3.05) is 20.3 Å². The molecule has 0 spiro atoms. The van der Waals surface area contributed by atoms with E-state index in [1.165, 1.54) is 0 Å². The minimum atomic E-state index is -0.0861. The molecular formula is C13H17BrClNO2. The van der Waals surface area contributed by atoms with Crippen LogP contribution < -0.4 is 5.32 Å². The summed E-state index contributed by atoms with van der Waals surface area (Å²) >= 11 is 9.38. The Hall–Kier alpha value is -0.580. The van der Waals surface area contributed by atoms with Crippen LogP contribution in [0.15, 0.2) is 22.7 Å². The van der Waals surface area contributed by atoms with Crippen molar-refractivity contribution in [3.8, 4) is 0 Å². The predicted molar refractivity (Wildman–Crippen MR) is 77.3 cm³/mol. The molecule has 1 aromatic carbocycles. The number of amides is 1. The summed E-state index contributed by atoms with van der Waals surface area (Å²) in [7, 11) is 1.61. The lowest BCUT2D eigenvalue weighted by molar-refractivity contribution is 0.0951. The highest BCUT2D eigenvalue weighted by molar-refractivity contribution is 9.10. The maximum atomic E-state index is 11.8. The molecule has 0 radical (unpaired) electrons. The molecule has 3 nitrogen and oxygen atoms in total. The first-order valence-corrected chi connectivity index (χ1v) is 6.95. The molecule has 1 aromatic rings. The van der Waals surface area contributed by atoms with Gasteiger partial charge in [0, 0.05) is 23.7 Å². The number of benzene rings is 1. The molecule has 0 aliphatic heterocycles. The fourth-order valence-corrected chi connectivity index (χ4v) is 2.06. The van der Waals surface area contributed by atoms with E-state index in [1.54, 1.807) is 7.11 Å². The molecule has 1 rings (SSSR count). The zero-order valence-corrected chi connectivity index (χ0v) is 12.8. The van der Waals surface area contributed by atoms with Crippen LogP contribution in [0, 0.1) is 6.92 Å². The lowest BCUT2D eigenvalue weighted by atomic mass is 10.1. The van der Waals surface area contributed by atoms with E-state index in [0.717, 1.165) is 10.0 Å². The Morgan fingerprint density at radius 1 is 1.56 bits per heavy atom. The van der Waals surface area contributed by atoms with E-state index < -0.39 is 0 Å². The summed E-state index contributed by atoms with van der Waals surface area (Å²) in [5.41, 5.74) is 1.75. The monoisotopic (exact) mass is 333 g/mol. The van der Waals surface area contributed by atoms with Crippen molar-refractivity contribution in [2.45, 2.75) is 18.7 Å². The number of hydrogen-bond acceptors (Lipinski definition) is 2. The van der Waals surface area contributed by atoms with Crippen LogP contribution in [-0.4, -0.2) is 31.5 Å². The fraction of sp³-hybridized carbons (Fsp3) is 0.462. The third kappa shape index (κ3) is 4.96. The van der Waals surface area contributed by atoms with Crippen LogP contribution in [0.4, 0.5) is 0 Å². The minimum Gasteiger partial charge on any atom is -0.383 e. The molecule has 1 amide bonds. The fourth-order valence-electron chi connectivity index (χ4n) is 1.44. The highest BCUT2D eigenvalue weighted by Crippen LogP contribution is 2.17. The van der Waals surface area contributed by atoms with Gasteiger partial charge in [0.2, 0.25) is 0 Å². The summed E-state index contributed by atoms with van der Waals surface area (Å²) in [6, 6.07) is 5.54. The molecule has 0 heterocycles. The van der Waals surface area contributed by atoms with E-state index in [-0.39, 0.29) is 11.3 Å².